The average Bonchev–Trinajstić information content (AvgIpc) is 2.72. The summed E-state index contributed by atoms with van der Waals surface area (Å²) in [6, 6.07) is 0.00660. The van der Waals surface area contributed by atoms with Crippen LogP contribution in [0.1, 0.15) is 65.2 Å². The number of unbranched alkanes of at least 4 members (excludes halogenated alkanes) is 1. The molecule has 1 aliphatic heterocycles. The molecule has 2 amide bonds. The molecule has 0 radical (unpaired) electrons. The number of imide groups is 1. The first-order valence-electron chi connectivity index (χ1n) is 7.66. The maximum absolute atomic E-state index is 12.3. The van der Waals surface area contributed by atoms with E-state index >= 15 is 0 Å². The van der Waals surface area contributed by atoms with Crippen molar-refractivity contribution in [3.63, 3.8) is 0 Å². The third kappa shape index (κ3) is 3.28. The molecule has 2 fully saturated rings. The van der Waals surface area contributed by atoms with Gasteiger partial charge in [-0.3, -0.25) is 4.79 Å². The molecular formula is C15H25NO3. The van der Waals surface area contributed by atoms with Crippen LogP contribution in [0.25, 0.3) is 0 Å². The summed E-state index contributed by atoms with van der Waals surface area (Å²) < 4.78 is 5.33. The van der Waals surface area contributed by atoms with E-state index in [9.17, 15) is 9.59 Å². The highest BCUT2D eigenvalue weighted by atomic mass is 16.6. The lowest BCUT2D eigenvalue weighted by atomic mass is 9.91. The highest BCUT2D eigenvalue weighted by molar-refractivity contribution is 5.93. The minimum absolute atomic E-state index is 0.00660. The lowest BCUT2D eigenvalue weighted by Gasteiger charge is -2.27. The molecule has 19 heavy (non-hydrogen) atoms. The van der Waals surface area contributed by atoms with Crippen molar-refractivity contribution in [3.8, 4) is 0 Å². The van der Waals surface area contributed by atoms with Crippen molar-refractivity contribution in [1.82, 2.24) is 4.90 Å². The normalized spacial score (nSPS) is 27.9. The first-order chi connectivity index (χ1) is 9.13. The highest BCUT2D eigenvalue weighted by Crippen LogP contribution is 2.32. The fourth-order valence-corrected chi connectivity index (χ4v) is 3.17. The van der Waals surface area contributed by atoms with Crippen LogP contribution in [0.3, 0.4) is 0 Å². The van der Waals surface area contributed by atoms with Crippen LogP contribution in [0, 0.1) is 5.92 Å². The van der Waals surface area contributed by atoms with Gasteiger partial charge in [-0.1, -0.05) is 39.5 Å². The van der Waals surface area contributed by atoms with Crippen LogP contribution >= 0.6 is 0 Å². The number of hydrogen-bond donors (Lipinski definition) is 0. The van der Waals surface area contributed by atoms with Gasteiger partial charge < -0.3 is 4.74 Å². The molecule has 0 bridgehead atoms. The van der Waals surface area contributed by atoms with Gasteiger partial charge >= 0.3 is 6.09 Å². The lowest BCUT2D eigenvalue weighted by molar-refractivity contribution is -0.130. The van der Waals surface area contributed by atoms with Gasteiger partial charge in [0.2, 0.25) is 5.91 Å². The van der Waals surface area contributed by atoms with Crippen LogP contribution in [0.15, 0.2) is 0 Å². The zero-order chi connectivity index (χ0) is 13.8. The number of fused-ring (bicyclic) bond motifs is 1. The van der Waals surface area contributed by atoms with E-state index in [1.54, 1.807) is 0 Å². The van der Waals surface area contributed by atoms with Crippen LogP contribution in [0.4, 0.5) is 4.79 Å². The molecule has 1 aliphatic carbocycles. The molecule has 3 atom stereocenters. The summed E-state index contributed by atoms with van der Waals surface area (Å²) in [6.45, 7) is 4.24. The third-order valence-electron chi connectivity index (χ3n) is 4.29. The number of amides is 2. The van der Waals surface area contributed by atoms with E-state index in [2.05, 4.69) is 13.8 Å². The molecule has 4 nitrogen and oxygen atoms in total. The Morgan fingerprint density at radius 2 is 2.16 bits per heavy atom. The molecule has 0 aromatic heterocycles. The second-order valence-corrected chi connectivity index (χ2v) is 5.99. The van der Waals surface area contributed by atoms with Crippen molar-refractivity contribution in [2.75, 3.05) is 0 Å². The summed E-state index contributed by atoms with van der Waals surface area (Å²) in [5.41, 5.74) is 0. The van der Waals surface area contributed by atoms with Crippen LogP contribution < -0.4 is 0 Å². The van der Waals surface area contributed by atoms with Gasteiger partial charge in [0, 0.05) is 6.42 Å². The van der Waals surface area contributed by atoms with E-state index in [4.69, 9.17) is 4.74 Å². The Bertz CT molecular complexity index is 342. The SMILES string of the molecule is CCCC[C@@H](C)CC(=O)N1C(=O)O[C@@H]2CCCC[C@H]21. The second-order valence-electron chi connectivity index (χ2n) is 5.99. The van der Waals surface area contributed by atoms with Crippen molar-refractivity contribution < 1.29 is 14.3 Å². The molecule has 0 aromatic rings. The number of nitrogens with zero attached hydrogens (tertiary/aromatic N) is 1. The van der Waals surface area contributed by atoms with Gasteiger partial charge in [0.25, 0.3) is 0 Å². The summed E-state index contributed by atoms with van der Waals surface area (Å²) >= 11 is 0. The standard InChI is InChI=1S/C15H25NO3/c1-3-4-7-11(2)10-14(17)16-12-8-5-6-9-13(12)19-15(16)18/h11-13H,3-10H2,1-2H3/t11-,12-,13-/m1/s1. The van der Waals surface area contributed by atoms with E-state index in [-0.39, 0.29) is 18.1 Å². The van der Waals surface area contributed by atoms with E-state index < -0.39 is 6.09 Å². The first kappa shape index (κ1) is 14.4. The largest absolute Gasteiger partial charge is 0.444 e. The van der Waals surface area contributed by atoms with Crippen LogP contribution in [0.2, 0.25) is 0 Å². The number of carbonyl (C=O) groups is 2. The van der Waals surface area contributed by atoms with E-state index in [0.717, 1.165) is 44.9 Å². The Morgan fingerprint density at radius 1 is 1.42 bits per heavy atom. The van der Waals surface area contributed by atoms with Crippen molar-refractivity contribution in [3.05, 3.63) is 0 Å². The quantitative estimate of drug-likeness (QED) is 0.766. The van der Waals surface area contributed by atoms with Gasteiger partial charge in [-0.25, -0.2) is 9.69 Å². The fourth-order valence-electron chi connectivity index (χ4n) is 3.17. The van der Waals surface area contributed by atoms with Crippen LogP contribution in [-0.4, -0.2) is 29.0 Å². The summed E-state index contributed by atoms with van der Waals surface area (Å²) in [6.07, 6.45) is 7.37. The van der Waals surface area contributed by atoms with Gasteiger partial charge in [0.05, 0.1) is 6.04 Å². The molecule has 0 aromatic carbocycles. The van der Waals surface area contributed by atoms with Gasteiger partial charge in [-0.15, -0.1) is 0 Å². The molecule has 4 heteroatoms. The average molecular weight is 267 g/mol. The van der Waals surface area contributed by atoms with E-state index in [1.807, 2.05) is 0 Å². The topological polar surface area (TPSA) is 46.6 Å². The molecule has 1 heterocycles. The lowest BCUT2D eigenvalue weighted by Crippen LogP contribution is -2.42. The zero-order valence-electron chi connectivity index (χ0n) is 12.1. The van der Waals surface area contributed by atoms with Gasteiger partial charge in [-0.2, -0.15) is 0 Å². The molecule has 1 saturated heterocycles. The molecule has 108 valence electrons. The summed E-state index contributed by atoms with van der Waals surface area (Å²) in [5, 5.41) is 0. The molecule has 1 saturated carbocycles. The summed E-state index contributed by atoms with van der Waals surface area (Å²) in [5.74, 6) is 0.311. The summed E-state index contributed by atoms with van der Waals surface area (Å²) in [4.78, 5) is 25.6. The smallest absolute Gasteiger partial charge is 0.417 e. The minimum Gasteiger partial charge on any atom is -0.444 e. The molecule has 0 unspecified atom stereocenters. The molecule has 0 spiro atoms. The Kier molecular flexibility index (Phi) is 4.83. The maximum atomic E-state index is 12.3. The van der Waals surface area contributed by atoms with E-state index in [1.165, 1.54) is 4.90 Å². The number of hydrogen-bond acceptors (Lipinski definition) is 3. The monoisotopic (exact) mass is 267 g/mol. The highest BCUT2D eigenvalue weighted by Gasteiger charge is 2.45. The van der Waals surface area contributed by atoms with Crippen molar-refractivity contribution in [2.24, 2.45) is 5.92 Å². The number of ether oxygens (including phenoxy) is 1. The maximum Gasteiger partial charge on any atom is 0.417 e. The van der Waals surface area contributed by atoms with Crippen LogP contribution in [-0.2, 0) is 9.53 Å². The van der Waals surface area contributed by atoms with Crippen molar-refractivity contribution >= 4 is 12.0 Å². The summed E-state index contributed by atoms with van der Waals surface area (Å²) in [7, 11) is 0. The Hall–Kier alpha value is -1.06. The number of carbonyl (C=O) groups excluding carboxylic acids is 2. The van der Waals surface area contributed by atoms with Crippen molar-refractivity contribution in [2.45, 2.75) is 77.4 Å². The van der Waals surface area contributed by atoms with E-state index in [0.29, 0.717) is 12.3 Å². The first-order valence-corrected chi connectivity index (χ1v) is 7.66. The Morgan fingerprint density at radius 3 is 2.89 bits per heavy atom. The molecule has 0 N–H and O–H groups in total. The fraction of sp³-hybridized carbons (Fsp3) is 0.867. The van der Waals surface area contributed by atoms with Gasteiger partial charge in [0.15, 0.2) is 0 Å². The predicted octanol–water partition coefficient (Wildman–Crippen LogP) is 3.49. The Balaban J connectivity index is 1.92. The molecular weight excluding hydrogens is 242 g/mol. The van der Waals surface area contributed by atoms with Crippen molar-refractivity contribution in [1.29, 1.82) is 0 Å². The third-order valence-corrected chi connectivity index (χ3v) is 4.29. The minimum atomic E-state index is -0.412. The predicted molar refractivity (Wildman–Crippen MR) is 72.7 cm³/mol. The molecule has 2 aliphatic rings. The molecule has 2 rings (SSSR count). The Labute approximate surface area is 115 Å². The van der Waals surface area contributed by atoms with Gasteiger partial charge in [0.1, 0.15) is 6.10 Å². The zero-order valence-corrected chi connectivity index (χ0v) is 12.1. The van der Waals surface area contributed by atoms with Crippen LogP contribution in [0.5, 0.6) is 0 Å². The second kappa shape index (κ2) is 6.40. The number of rotatable bonds is 5. The van der Waals surface area contributed by atoms with Gasteiger partial charge in [-0.05, 0) is 25.2 Å².